The van der Waals surface area contributed by atoms with Crippen molar-refractivity contribution >= 4 is 30.4 Å². The first kappa shape index (κ1) is 18.2. The number of aromatic nitrogens is 2. The predicted molar refractivity (Wildman–Crippen MR) is 72.1 cm³/mol. The fourth-order valence-corrected chi connectivity index (χ4v) is 1.57. The van der Waals surface area contributed by atoms with Crippen molar-refractivity contribution in [3.63, 3.8) is 0 Å². The summed E-state index contributed by atoms with van der Waals surface area (Å²) in [5, 5.41) is 8.99. The zero-order valence-corrected chi connectivity index (χ0v) is 12.4. The summed E-state index contributed by atoms with van der Waals surface area (Å²) in [6.45, 7) is -0.570. The van der Waals surface area contributed by atoms with E-state index in [9.17, 15) is 9.36 Å². The van der Waals surface area contributed by atoms with Gasteiger partial charge in [0.2, 0.25) is 0 Å². The van der Waals surface area contributed by atoms with Crippen molar-refractivity contribution < 1.29 is 24.2 Å². The highest BCUT2D eigenvalue weighted by atomic mass is 79.9. The van der Waals surface area contributed by atoms with Crippen molar-refractivity contribution in [2.75, 3.05) is 18.7 Å². The SMILES string of the molecule is Br.Nc1ccn(CC(CO)OCP(=O)(O)O)c(=O)n1. The minimum Gasteiger partial charge on any atom is -0.394 e. The number of anilines is 1. The maximum absolute atomic E-state index is 11.4. The highest BCUT2D eigenvalue weighted by Gasteiger charge is 2.18. The Kier molecular flexibility index (Phi) is 7.42. The van der Waals surface area contributed by atoms with Crippen LogP contribution in [0.4, 0.5) is 5.82 Å². The number of ether oxygens (including phenoxy) is 1. The molecule has 1 aromatic rings. The molecular weight excluding hydrogens is 345 g/mol. The number of aliphatic hydroxyl groups excluding tert-OH is 1. The third kappa shape index (κ3) is 6.81. The van der Waals surface area contributed by atoms with E-state index in [2.05, 4.69) is 4.98 Å². The van der Waals surface area contributed by atoms with Gasteiger partial charge in [0.15, 0.2) is 0 Å². The number of nitrogen functional groups attached to an aromatic ring is 1. The summed E-state index contributed by atoms with van der Waals surface area (Å²) < 4.78 is 16.5. The van der Waals surface area contributed by atoms with E-state index < -0.39 is 32.3 Å². The van der Waals surface area contributed by atoms with E-state index in [4.69, 9.17) is 25.4 Å². The Labute approximate surface area is 119 Å². The molecule has 11 heteroatoms. The highest BCUT2D eigenvalue weighted by molar-refractivity contribution is 8.93. The van der Waals surface area contributed by atoms with Gasteiger partial charge in [-0.1, -0.05) is 0 Å². The summed E-state index contributed by atoms with van der Waals surface area (Å²) in [5.74, 6) is 0.0629. The first-order chi connectivity index (χ1) is 8.31. The number of nitrogens with zero attached hydrogens (tertiary/aromatic N) is 2. The zero-order valence-electron chi connectivity index (χ0n) is 9.75. The molecule has 0 spiro atoms. The van der Waals surface area contributed by atoms with Gasteiger partial charge in [-0.05, 0) is 6.07 Å². The molecule has 0 aliphatic rings. The van der Waals surface area contributed by atoms with Gasteiger partial charge in [0.25, 0.3) is 0 Å². The van der Waals surface area contributed by atoms with Crippen molar-refractivity contribution in [1.29, 1.82) is 0 Å². The predicted octanol–water partition coefficient (Wildman–Crippen LogP) is -1.08. The molecule has 0 aliphatic heterocycles. The smallest absolute Gasteiger partial charge is 0.350 e. The van der Waals surface area contributed by atoms with Crippen LogP contribution in [0.1, 0.15) is 0 Å². The first-order valence-electron chi connectivity index (χ1n) is 4.92. The van der Waals surface area contributed by atoms with Crippen molar-refractivity contribution in [1.82, 2.24) is 9.55 Å². The zero-order chi connectivity index (χ0) is 13.8. The third-order valence-corrected chi connectivity index (χ3v) is 2.46. The van der Waals surface area contributed by atoms with Crippen LogP contribution in [0, 0.1) is 0 Å². The number of aliphatic hydroxyl groups is 1. The van der Waals surface area contributed by atoms with E-state index >= 15 is 0 Å². The molecule has 1 heterocycles. The van der Waals surface area contributed by atoms with Crippen molar-refractivity contribution in [3.05, 3.63) is 22.7 Å². The summed E-state index contributed by atoms with van der Waals surface area (Å²) in [5.41, 5.74) is 4.67. The lowest BCUT2D eigenvalue weighted by atomic mass is 10.3. The quantitative estimate of drug-likeness (QED) is 0.468. The molecule has 0 saturated carbocycles. The molecular formula is C8H15BrN3O6P. The Balaban J connectivity index is 0.00000324. The number of halogens is 1. The van der Waals surface area contributed by atoms with Gasteiger partial charge in [-0.25, -0.2) is 4.79 Å². The topological polar surface area (TPSA) is 148 Å². The summed E-state index contributed by atoms with van der Waals surface area (Å²) in [6.07, 6.45) is -0.385. The molecule has 1 atom stereocenters. The molecule has 19 heavy (non-hydrogen) atoms. The highest BCUT2D eigenvalue weighted by Crippen LogP contribution is 2.34. The molecule has 0 saturated heterocycles. The second-order valence-electron chi connectivity index (χ2n) is 3.55. The van der Waals surface area contributed by atoms with Crippen molar-refractivity contribution in [2.24, 2.45) is 0 Å². The number of hydrogen-bond donors (Lipinski definition) is 4. The van der Waals surface area contributed by atoms with Gasteiger partial charge in [-0.3, -0.25) is 9.13 Å². The Morgan fingerprint density at radius 3 is 2.63 bits per heavy atom. The summed E-state index contributed by atoms with van der Waals surface area (Å²) in [7, 11) is -4.31. The van der Waals surface area contributed by atoms with Crippen LogP contribution in [0.15, 0.2) is 17.1 Å². The van der Waals surface area contributed by atoms with Crippen molar-refractivity contribution in [3.8, 4) is 0 Å². The molecule has 5 N–H and O–H groups in total. The lowest BCUT2D eigenvalue weighted by Crippen LogP contribution is -2.32. The van der Waals surface area contributed by atoms with Gasteiger partial charge in [-0.2, -0.15) is 4.98 Å². The minimum atomic E-state index is -4.31. The molecule has 0 bridgehead atoms. The van der Waals surface area contributed by atoms with Crippen LogP contribution in [0.25, 0.3) is 0 Å². The second kappa shape index (κ2) is 7.73. The number of hydrogen-bond acceptors (Lipinski definition) is 6. The molecule has 110 valence electrons. The number of nitrogens with two attached hydrogens (primary N) is 1. The first-order valence-corrected chi connectivity index (χ1v) is 6.71. The maximum atomic E-state index is 11.4. The lowest BCUT2D eigenvalue weighted by molar-refractivity contribution is 0.0188. The lowest BCUT2D eigenvalue weighted by Gasteiger charge is -2.16. The van der Waals surface area contributed by atoms with Crippen LogP contribution in [-0.4, -0.2) is 43.5 Å². The fourth-order valence-electron chi connectivity index (χ4n) is 1.17. The van der Waals surface area contributed by atoms with Gasteiger partial charge >= 0.3 is 13.3 Å². The normalized spacial score (nSPS) is 12.8. The number of rotatable bonds is 6. The molecule has 1 aromatic heterocycles. The molecule has 1 rings (SSSR count). The Morgan fingerprint density at radius 1 is 1.53 bits per heavy atom. The summed E-state index contributed by atoms with van der Waals surface area (Å²) in [6, 6.07) is 1.39. The van der Waals surface area contributed by atoms with Crippen LogP contribution in [0.3, 0.4) is 0 Å². The van der Waals surface area contributed by atoms with Gasteiger partial charge < -0.3 is 25.4 Å². The van der Waals surface area contributed by atoms with Crippen LogP contribution >= 0.6 is 24.6 Å². The van der Waals surface area contributed by atoms with Gasteiger partial charge in [-0.15, -0.1) is 17.0 Å². The van der Waals surface area contributed by atoms with Crippen LogP contribution < -0.4 is 11.4 Å². The average molecular weight is 360 g/mol. The van der Waals surface area contributed by atoms with Gasteiger partial charge in [0, 0.05) is 6.20 Å². The Hall–Kier alpha value is -0.770. The van der Waals surface area contributed by atoms with Crippen LogP contribution in [0.2, 0.25) is 0 Å². The minimum absolute atomic E-state index is 0. The van der Waals surface area contributed by atoms with Gasteiger partial charge in [0.1, 0.15) is 12.2 Å². The van der Waals surface area contributed by atoms with E-state index in [-0.39, 0.29) is 29.3 Å². The third-order valence-electron chi connectivity index (χ3n) is 1.98. The molecule has 0 radical (unpaired) electrons. The van der Waals surface area contributed by atoms with E-state index in [0.717, 1.165) is 4.57 Å². The summed E-state index contributed by atoms with van der Waals surface area (Å²) in [4.78, 5) is 32.1. The average Bonchev–Trinajstić information content (AvgIpc) is 2.25. The molecule has 9 nitrogen and oxygen atoms in total. The molecule has 0 amide bonds. The maximum Gasteiger partial charge on any atom is 0.350 e. The largest absolute Gasteiger partial charge is 0.394 e. The van der Waals surface area contributed by atoms with Crippen LogP contribution in [-0.2, 0) is 15.8 Å². The monoisotopic (exact) mass is 359 g/mol. The van der Waals surface area contributed by atoms with Gasteiger partial charge in [0.05, 0.1) is 19.3 Å². The van der Waals surface area contributed by atoms with E-state index in [1.165, 1.54) is 12.3 Å². The summed E-state index contributed by atoms with van der Waals surface area (Å²) >= 11 is 0. The van der Waals surface area contributed by atoms with E-state index in [0.29, 0.717) is 0 Å². The molecule has 0 fully saturated rings. The van der Waals surface area contributed by atoms with Crippen LogP contribution in [0.5, 0.6) is 0 Å². The fraction of sp³-hybridized carbons (Fsp3) is 0.500. The Bertz CT molecular complexity index is 504. The molecule has 0 aliphatic carbocycles. The standard InChI is InChI=1S/C8H14N3O6P.BrH/c9-7-1-2-11(8(13)10-7)3-6(4-12)17-5-18(14,15)16;/h1-2,6,12H,3-5H2,(H2,9,10,13)(H2,14,15,16);1H. The van der Waals surface area contributed by atoms with E-state index in [1.807, 2.05) is 0 Å². The molecule has 1 unspecified atom stereocenters. The van der Waals surface area contributed by atoms with E-state index in [1.54, 1.807) is 0 Å². The van der Waals surface area contributed by atoms with Crippen molar-refractivity contribution in [2.45, 2.75) is 12.6 Å². The Morgan fingerprint density at radius 2 is 2.16 bits per heavy atom. The molecule has 0 aromatic carbocycles. The second-order valence-corrected chi connectivity index (χ2v) is 5.14.